The van der Waals surface area contributed by atoms with Crippen LogP contribution in [0.2, 0.25) is 0 Å². The van der Waals surface area contributed by atoms with E-state index in [0.717, 1.165) is 12.5 Å². The Morgan fingerprint density at radius 1 is 1.14 bits per heavy atom. The maximum absolute atomic E-state index is 9.35. The van der Waals surface area contributed by atoms with E-state index in [4.69, 9.17) is 0 Å². The topological polar surface area (TPSA) is 32.3 Å². The van der Waals surface area contributed by atoms with E-state index in [9.17, 15) is 5.11 Å². The van der Waals surface area contributed by atoms with Gasteiger partial charge in [-0.05, 0) is 37.1 Å². The highest BCUT2D eigenvalue weighted by Gasteiger charge is 2.63. The Morgan fingerprint density at radius 2 is 1.57 bits per heavy atom. The molecule has 0 saturated heterocycles. The minimum Gasteiger partial charge on any atom is -0.392 e. The Bertz CT molecular complexity index is 194. The highest BCUT2D eigenvalue weighted by molar-refractivity contribution is 5.12. The van der Waals surface area contributed by atoms with Crippen LogP contribution < -0.4 is 5.32 Å². The zero-order valence-electron chi connectivity index (χ0n) is 10.4. The molecule has 0 aromatic carbocycles. The first kappa shape index (κ1) is 12.0. The molecule has 2 heteroatoms. The zero-order chi connectivity index (χ0) is 11.1. The second-order valence-corrected chi connectivity index (χ2v) is 5.93. The quantitative estimate of drug-likeness (QED) is 0.726. The van der Waals surface area contributed by atoms with E-state index < -0.39 is 0 Å². The van der Waals surface area contributed by atoms with E-state index in [1.165, 1.54) is 0 Å². The molecule has 0 aromatic rings. The third-order valence-electron chi connectivity index (χ3n) is 4.69. The largest absolute Gasteiger partial charge is 0.392 e. The Balaban J connectivity index is 2.36. The van der Waals surface area contributed by atoms with E-state index in [2.05, 4.69) is 33.0 Å². The molecule has 0 bridgehead atoms. The highest BCUT2D eigenvalue weighted by Crippen LogP contribution is 2.67. The molecule has 84 valence electrons. The molecule has 1 aliphatic carbocycles. The lowest BCUT2D eigenvalue weighted by atomic mass is 10.0. The summed E-state index contributed by atoms with van der Waals surface area (Å²) in [5.74, 6) is 0.733. The molecule has 1 aliphatic rings. The number of rotatable bonds is 4. The van der Waals surface area contributed by atoms with Crippen molar-refractivity contribution in [1.82, 2.24) is 5.32 Å². The summed E-state index contributed by atoms with van der Waals surface area (Å²) in [6, 6.07) is 0.196. The van der Waals surface area contributed by atoms with Crippen molar-refractivity contribution in [3.05, 3.63) is 0 Å². The Kier molecular flexibility index (Phi) is 2.99. The molecule has 0 aliphatic heterocycles. The van der Waals surface area contributed by atoms with Crippen LogP contribution in [0.3, 0.4) is 0 Å². The van der Waals surface area contributed by atoms with Gasteiger partial charge >= 0.3 is 0 Å². The maximum atomic E-state index is 9.35. The Labute approximate surface area is 88.1 Å². The minimum atomic E-state index is -0.264. The summed E-state index contributed by atoms with van der Waals surface area (Å²) in [4.78, 5) is 0. The monoisotopic (exact) mass is 199 g/mol. The second-order valence-electron chi connectivity index (χ2n) is 5.93. The average molecular weight is 199 g/mol. The first-order valence-corrected chi connectivity index (χ1v) is 5.62. The molecule has 0 aromatic heterocycles. The van der Waals surface area contributed by atoms with E-state index in [1.54, 1.807) is 0 Å². The molecule has 2 nitrogen and oxygen atoms in total. The lowest BCUT2D eigenvalue weighted by Gasteiger charge is -2.17. The van der Waals surface area contributed by atoms with Gasteiger partial charge in [0.1, 0.15) is 0 Å². The fraction of sp³-hybridized carbons (Fsp3) is 1.00. The molecule has 0 radical (unpaired) electrons. The predicted molar refractivity (Wildman–Crippen MR) is 60.2 cm³/mol. The van der Waals surface area contributed by atoms with Gasteiger partial charge in [0.15, 0.2) is 0 Å². The van der Waals surface area contributed by atoms with Crippen LogP contribution in [0.25, 0.3) is 0 Å². The minimum absolute atomic E-state index is 0.196. The van der Waals surface area contributed by atoms with E-state index >= 15 is 0 Å². The lowest BCUT2D eigenvalue weighted by Crippen LogP contribution is -2.37. The first-order chi connectivity index (χ1) is 6.21. The highest BCUT2D eigenvalue weighted by atomic mass is 16.3. The molecule has 1 rings (SSSR count). The van der Waals surface area contributed by atoms with Gasteiger partial charge < -0.3 is 10.4 Å². The van der Waals surface area contributed by atoms with Gasteiger partial charge in [0.05, 0.1) is 6.10 Å². The van der Waals surface area contributed by atoms with Crippen molar-refractivity contribution in [2.45, 2.75) is 53.7 Å². The third kappa shape index (κ3) is 1.82. The van der Waals surface area contributed by atoms with Crippen LogP contribution >= 0.6 is 0 Å². The SMILES string of the molecule is CC(O)C(C)NCC1C(C)(C)C1(C)C. The van der Waals surface area contributed by atoms with Crippen LogP contribution in [0.5, 0.6) is 0 Å². The fourth-order valence-corrected chi connectivity index (χ4v) is 2.32. The van der Waals surface area contributed by atoms with Gasteiger partial charge in [-0.25, -0.2) is 0 Å². The molecule has 2 N–H and O–H groups in total. The number of aliphatic hydroxyl groups is 1. The van der Waals surface area contributed by atoms with Crippen LogP contribution in [-0.4, -0.2) is 23.8 Å². The standard InChI is InChI=1S/C12H25NO/c1-8(9(2)14)13-7-10-11(3,4)12(10,5)6/h8-10,13-14H,7H2,1-6H3. The Hall–Kier alpha value is -0.0800. The molecule has 2 atom stereocenters. The number of hydrogen-bond acceptors (Lipinski definition) is 2. The molecule has 0 heterocycles. The fourth-order valence-electron chi connectivity index (χ4n) is 2.32. The summed E-state index contributed by atoms with van der Waals surface area (Å²) in [5, 5.41) is 12.8. The van der Waals surface area contributed by atoms with Gasteiger partial charge in [-0.3, -0.25) is 0 Å². The summed E-state index contributed by atoms with van der Waals surface area (Å²) in [6.07, 6.45) is -0.264. The summed E-state index contributed by atoms with van der Waals surface area (Å²) in [5.41, 5.74) is 0.886. The summed E-state index contributed by atoms with van der Waals surface area (Å²) >= 11 is 0. The molecular formula is C12H25NO. The van der Waals surface area contributed by atoms with Gasteiger partial charge in [0.2, 0.25) is 0 Å². The second kappa shape index (κ2) is 3.49. The predicted octanol–water partition coefficient (Wildman–Crippen LogP) is 2.03. The molecular weight excluding hydrogens is 174 g/mol. The van der Waals surface area contributed by atoms with Crippen molar-refractivity contribution in [1.29, 1.82) is 0 Å². The third-order valence-corrected chi connectivity index (χ3v) is 4.69. The zero-order valence-corrected chi connectivity index (χ0v) is 10.4. The van der Waals surface area contributed by atoms with Gasteiger partial charge in [-0.1, -0.05) is 27.7 Å². The lowest BCUT2D eigenvalue weighted by molar-refractivity contribution is 0.151. The van der Waals surface area contributed by atoms with Crippen LogP contribution in [0, 0.1) is 16.7 Å². The van der Waals surface area contributed by atoms with Gasteiger partial charge in [0, 0.05) is 6.04 Å². The maximum Gasteiger partial charge on any atom is 0.0662 e. The van der Waals surface area contributed by atoms with Crippen LogP contribution in [0.15, 0.2) is 0 Å². The van der Waals surface area contributed by atoms with Gasteiger partial charge in [-0.15, -0.1) is 0 Å². The van der Waals surface area contributed by atoms with Crippen molar-refractivity contribution in [3.8, 4) is 0 Å². The van der Waals surface area contributed by atoms with Crippen molar-refractivity contribution < 1.29 is 5.11 Å². The molecule has 1 fully saturated rings. The molecule has 14 heavy (non-hydrogen) atoms. The van der Waals surface area contributed by atoms with Crippen molar-refractivity contribution >= 4 is 0 Å². The van der Waals surface area contributed by atoms with Gasteiger partial charge in [0.25, 0.3) is 0 Å². The Morgan fingerprint density at radius 3 is 1.86 bits per heavy atom. The van der Waals surface area contributed by atoms with Crippen molar-refractivity contribution in [3.63, 3.8) is 0 Å². The van der Waals surface area contributed by atoms with Crippen LogP contribution in [0.4, 0.5) is 0 Å². The normalized spacial score (nSPS) is 28.5. The smallest absolute Gasteiger partial charge is 0.0662 e. The van der Waals surface area contributed by atoms with Crippen LogP contribution in [-0.2, 0) is 0 Å². The number of hydrogen-bond donors (Lipinski definition) is 2. The van der Waals surface area contributed by atoms with Gasteiger partial charge in [-0.2, -0.15) is 0 Å². The molecule has 2 unspecified atom stereocenters. The molecule has 1 saturated carbocycles. The number of nitrogens with one attached hydrogen (secondary N) is 1. The summed E-state index contributed by atoms with van der Waals surface area (Å²) in [6.45, 7) is 14.2. The summed E-state index contributed by atoms with van der Waals surface area (Å²) < 4.78 is 0. The average Bonchev–Trinajstić information content (AvgIpc) is 2.39. The van der Waals surface area contributed by atoms with Crippen molar-refractivity contribution in [2.75, 3.05) is 6.54 Å². The summed E-state index contributed by atoms with van der Waals surface area (Å²) in [7, 11) is 0. The molecule has 0 spiro atoms. The van der Waals surface area contributed by atoms with Crippen LogP contribution in [0.1, 0.15) is 41.5 Å². The van der Waals surface area contributed by atoms with E-state index in [1.807, 2.05) is 13.8 Å². The van der Waals surface area contributed by atoms with E-state index in [-0.39, 0.29) is 12.1 Å². The van der Waals surface area contributed by atoms with Crippen molar-refractivity contribution in [2.24, 2.45) is 16.7 Å². The first-order valence-electron chi connectivity index (χ1n) is 5.62. The number of aliphatic hydroxyl groups excluding tert-OH is 1. The van der Waals surface area contributed by atoms with E-state index in [0.29, 0.717) is 10.8 Å². The molecule has 0 amide bonds.